The maximum atomic E-state index is 6.02. The van der Waals surface area contributed by atoms with E-state index in [1.54, 1.807) is 0 Å². The fraction of sp³-hybridized carbons (Fsp3) is 0.462. The zero-order chi connectivity index (χ0) is 13.3. The number of fused-ring (bicyclic) bond motifs is 1. The molecule has 1 aromatic heterocycles. The summed E-state index contributed by atoms with van der Waals surface area (Å²) in [4.78, 5) is 4.33. The molecule has 0 aliphatic carbocycles. The summed E-state index contributed by atoms with van der Waals surface area (Å²) < 4.78 is 7.64. The highest BCUT2D eigenvalue weighted by molar-refractivity contribution is 6.31. The van der Waals surface area contributed by atoms with Crippen molar-refractivity contribution in [1.82, 2.24) is 9.55 Å². The van der Waals surface area contributed by atoms with Crippen LogP contribution in [0, 0.1) is 0 Å². The maximum Gasteiger partial charge on any atom is 0.201 e. The van der Waals surface area contributed by atoms with Gasteiger partial charge < -0.3 is 15.0 Å². The molecule has 0 saturated heterocycles. The molecule has 98 valence electrons. The lowest BCUT2D eigenvalue weighted by Gasteiger charge is -2.25. The number of hydrogen-bond acceptors (Lipinski definition) is 3. The van der Waals surface area contributed by atoms with Crippen molar-refractivity contribution in [2.45, 2.75) is 32.9 Å². The minimum atomic E-state index is -0.293. The molecule has 0 aliphatic heterocycles. The number of ether oxygens (including phenoxy) is 1. The molecule has 0 aliphatic rings. The number of rotatable bonds is 4. The van der Waals surface area contributed by atoms with Crippen LogP contribution in [0.3, 0.4) is 0 Å². The Bertz CT molecular complexity index is 563. The van der Waals surface area contributed by atoms with Crippen molar-refractivity contribution < 1.29 is 4.74 Å². The van der Waals surface area contributed by atoms with Crippen molar-refractivity contribution in [3.63, 3.8) is 0 Å². The number of anilines is 1. The second-order valence-corrected chi connectivity index (χ2v) is 5.32. The summed E-state index contributed by atoms with van der Waals surface area (Å²) in [6, 6.07) is 5.56. The zero-order valence-corrected chi connectivity index (χ0v) is 11.7. The highest BCUT2D eigenvalue weighted by Crippen LogP contribution is 2.24. The zero-order valence-electron chi connectivity index (χ0n) is 10.9. The van der Waals surface area contributed by atoms with E-state index in [9.17, 15) is 0 Å². The Hall–Kier alpha value is -1.26. The van der Waals surface area contributed by atoms with Gasteiger partial charge in [-0.15, -0.1) is 0 Å². The van der Waals surface area contributed by atoms with Crippen LogP contribution in [-0.2, 0) is 11.3 Å². The fourth-order valence-electron chi connectivity index (χ4n) is 2.10. The second kappa shape index (κ2) is 4.78. The van der Waals surface area contributed by atoms with E-state index in [4.69, 9.17) is 22.1 Å². The quantitative estimate of drug-likeness (QED) is 0.926. The molecule has 1 heterocycles. The molecule has 2 rings (SSSR count). The Balaban J connectivity index is 2.43. The van der Waals surface area contributed by atoms with Crippen LogP contribution in [0.15, 0.2) is 18.2 Å². The number of imidazole rings is 1. The van der Waals surface area contributed by atoms with E-state index in [-0.39, 0.29) is 5.60 Å². The molecule has 0 unspecified atom stereocenters. The van der Waals surface area contributed by atoms with Crippen LogP contribution < -0.4 is 5.73 Å². The number of nitrogen functional groups attached to an aromatic ring is 1. The van der Waals surface area contributed by atoms with Crippen LogP contribution in [0.5, 0.6) is 0 Å². The topological polar surface area (TPSA) is 53.1 Å². The van der Waals surface area contributed by atoms with Gasteiger partial charge in [0.05, 0.1) is 23.2 Å². The highest BCUT2D eigenvalue weighted by Gasteiger charge is 2.21. The van der Waals surface area contributed by atoms with Gasteiger partial charge in [0.2, 0.25) is 5.95 Å². The minimum Gasteiger partial charge on any atom is -0.374 e. The number of benzene rings is 1. The van der Waals surface area contributed by atoms with E-state index in [1.807, 2.05) is 43.5 Å². The third-order valence-corrected chi connectivity index (χ3v) is 3.05. The van der Waals surface area contributed by atoms with Crippen LogP contribution in [0.1, 0.15) is 20.8 Å². The van der Waals surface area contributed by atoms with E-state index in [0.717, 1.165) is 11.0 Å². The van der Waals surface area contributed by atoms with Crippen molar-refractivity contribution in [3.8, 4) is 0 Å². The van der Waals surface area contributed by atoms with E-state index >= 15 is 0 Å². The second-order valence-electron chi connectivity index (χ2n) is 4.88. The van der Waals surface area contributed by atoms with Gasteiger partial charge in [-0.2, -0.15) is 0 Å². The number of halogens is 1. The first-order valence-corrected chi connectivity index (χ1v) is 6.36. The molecule has 0 saturated carbocycles. The van der Waals surface area contributed by atoms with Gasteiger partial charge in [0.1, 0.15) is 0 Å². The summed E-state index contributed by atoms with van der Waals surface area (Å²) in [5.41, 5.74) is 7.46. The van der Waals surface area contributed by atoms with Crippen LogP contribution >= 0.6 is 11.6 Å². The SMILES string of the molecule is CCOC(C)(C)Cn1c(N)nc2ccc(Cl)cc21. The molecule has 0 bridgehead atoms. The van der Waals surface area contributed by atoms with Crippen molar-refractivity contribution in [2.24, 2.45) is 0 Å². The van der Waals surface area contributed by atoms with Crippen molar-refractivity contribution in [2.75, 3.05) is 12.3 Å². The van der Waals surface area contributed by atoms with Crippen molar-refractivity contribution in [1.29, 1.82) is 0 Å². The highest BCUT2D eigenvalue weighted by atomic mass is 35.5. The number of nitrogens with two attached hydrogens (primary N) is 1. The molecule has 2 aromatic rings. The van der Waals surface area contributed by atoms with Gasteiger partial charge in [0, 0.05) is 11.6 Å². The maximum absolute atomic E-state index is 6.02. The number of aromatic nitrogens is 2. The first-order valence-electron chi connectivity index (χ1n) is 5.98. The lowest BCUT2D eigenvalue weighted by molar-refractivity contribution is -0.0212. The Morgan fingerprint density at radius 3 is 2.83 bits per heavy atom. The van der Waals surface area contributed by atoms with Gasteiger partial charge >= 0.3 is 0 Å². The van der Waals surface area contributed by atoms with Crippen LogP contribution in [0.2, 0.25) is 5.02 Å². The molecule has 18 heavy (non-hydrogen) atoms. The van der Waals surface area contributed by atoms with Crippen molar-refractivity contribution >= 4 is 28.6 Å². The summed E-state index contributed by atoms with van der Waals surface area (Å²) >= 11 is 6.02. The van der Waals surface area contributed by atoms with Crippen LogP contribution in [0.25, 0.3) is 11.0 Å². The Morgan fingerprint density at radius 1 is 1.44 bits per heavy atom. The van der Waals surface area contributed by atoms with E-state index < -0.39 is 0 Å². The summed E-state index contributed by atoms with van der Waals surface area (Å²) in [7, 11) is 0. The molecule has 0 radical (unpaired) electrons. The normalized spacial score (nSPS) is 12.2. The summed E-state index contributed by atoms with van der Waals surface area (Å²) in [5, 5.41) is 0.679. The monoisotopic (exact) mass is 267 g/mol. The number of nitrogens with zero attached hydrogens (tertiary/aromatic N) is 2. The van der Waals surface area contributed by atoms with E-state index in [1.165, 1.54) is 0 Å². The summed E-state index contributed by atoms with van der Waals surface area (Å²) in [6.07, 6.45) is 0. The number of hydrogen-bond donors (Lipinski definition) is 1. The van der Waals surface area contributed by atoms with Gasteiger partial charge in [-0.1, -0.05) is 11.6 Å². The lowest BCUT2D eigenvalue weighted by atomic mass is 10.1. The minimum absolute atomic E-state index is 0.293. The molecule has 0 atom stereocenters. The van der Waals surface area contributed by atoms with Gasteiger partial charge in [-0.05, 0) is 39.0 Å². The Morgan fingerprint density at radius 2 is 2.17 bits per heavy atom. The van der Waals surface area contributed by atoms with Crippen molar-refractivity contribution in [3.05, 3.63) is 23.2 Å². The van der Waals surface area contributed by atoms with Gasteiger partial charge in [-0.25, -0.2) is 4.98 Å². The molecule has 0 fully saturated rings. The van der Waals surface area contributed by atoms with Gasteiger partial charge in [0.15, 0.2) is 0 Å². The first-order chi connectivity index (χ1) is 8.43. The van der Waals surface area contributed by atoms with E-state index in [0.29, 0.717) is 24.1 Å². The lowest BCUT2D eigenvalue weighted by Crippen LogP contribution is -2.31. The largest absolute Gasteiger partial charge is 0.374 e. The third kappa shape index (κ3) is 2.60. The summed E-state index contributed by atoms with van der Waals surface area (Å²) in [6.45, 7) is 7.36. The molecule has 0 amide bonds. The van der Waals surface area contributed by atoms with Crippen LogP contribution in [0.4, 0.5) is 5.95 Å². The Labute approximate surface area is 112 Å². The third-order valence-electron chi connectivity index (χ3n) is 2.81. The predicted molar refractivity (Wildman–Crippen MR) is 74.9 cm³/mol. The van der Waals surface area contributed by atoms with Gasteiger partial charge in [-0.3, -0.25) is 0 Å². The Kier molecular flexibility index (Phi) is 3.50. The standard InChI is InChI=1S/C13H18ClN3O/c1-4-18-13(2,3)8-17-11-7-9(14)5-6-10(11)16-12(17)15/h5-7H,4,8H2,1-3H3,(H2,15,16). The molecule has 2 N–H and O–H groups in total. The predicted octanol–water partition coefficient (Wildman–Crippen LogP) is 3.09. The molecule has 0 spiro atoms. The fourth-order valence-corrected chi connectivity index (χ4v) is 2.26. The first kappa shape index (κ1) is 13.2. The molecule has 5 heteroatoms. The summed E-state index contributed by atoms with van der Waals surface area (Å²) in [5.74, 6) is 0.486. The molecular weight excluding hydrogens is 250 g/mol. The smallest absolute Gasteiger partial charge is 0.201 e. The van der Waals surface area contributed by atoms with Gasteiger partial charge in [0.25, 0.3) is 0 Å². The van der Waals surface area contributed by atoms with E-state index in [2.05, 4.69) is 4.98 Å². The molecule has 1 aromatic carbocycles. The molecule has 4 nitrogen and oxygen atoms in total. The average molecular weight is 268 g/mol. The molecular formula is C13H18ClN3O. The average Bonchev–Trinajstić information content (AvgIpc) is 2.55. The van der Waals surface area contributed by atoms with Crippen LogP contribution in [-0.4, -0.2) is 21.8 Å².